The smallest absolute Gasteiger partial charge is 0.277 e. The molecule has 2 aromatic carbocycles. The number of hydrogen-bond donors (Lipinski definition) is 1. The first-order chi connectivity index (χ1) is 11.7. The summed E-state index contributed by atoms with van der Waals surface area (Å²) in [6.45, 7) is 6.14. The van der Waals surface area contributed by atoms with E-state index in [4.69, 9.17) is 4.74 Å². The van der Waals surface area contributed by atoms with Gasteiger partial charge in [-0.1, -0.05) is 30.3 Å². The number of para-hydroxylation sites is 1. The maximum atomic E-state index is 11.7. The molecule has 0 saturated heterocycles. The van der Waals surface area contributed by atoms with Crippen LogP contribution in [0.5, 0.6) is 5.75 Å². The molecule has 0 atom stereocenters. The van der Waals surface area contributed by atoms with E-state index in [0.29, 0.717) is 5.75 Å². The van der Waals surface area contributed by atoms with Crippen molar-refractivity contribution in [2.24, 2.45) is 5.10 Å². The molecule has 0 saturated carbocycles. The quantitative estimate of drug-likeness (QED) is 0.599. The molecule has 0 aliphatic rings. The summed E-state index contributed by atoms with van der Waals surface area (Å²) in [6.07, 6.45) is 1.62. The van der Waals surface area contributed by atoms with Crippen molar-refractivity contribution in [1.29, 1.82) is 0 Å². The number of rotatable bonds is 8. The monoisotopic (exact) mass is 325 g/mol. The van der Waals surface area contributed by atoms with E-state index in [0.717, 1.165) is 18.7 Å². The molecule has 0 aliphatic heterocycles. The second-order valence-electron chi connectivity index (χ2n) is 5.16. The molecule has 0 heterocycles. The Balaban J connectivity index is 1.79. The van der Waals surface area contributed by atoms with Crippen molar-refractivity contribution in [3.05, 3.63) is 60.2 Å². The fourth-order valence-electron chi connectivity index (χ4n) is 2.24. The van der Waals surface area contributed by atoms with Gasteiger partial charge in [-0.2, -0.15) is 5.10 Å². The molecule has 0 fully saturated rings. The third-order valence-electron chi connectivity index (χ3n) is 3.54. The van der Waals surface area contributed by atoms with Gasteiger partial charge in [0.1, 0.15) is 5.75 Å². The van der Waals surface area contributed by atoms with E-state index in [1.54, 1.807) is 18.3 Å². The van der Waals surface area contributed by atoms with E-state index >= 15 is 0 Å². The maximum absolute atomic E-state index is 11.7. The van der Waals surface area contributed by atoms with Crippen LogP contribution in [0, 0.1) is 0 Å². The Morgan fingerprint density at radius 2 is 1.75 bits per heavy atom. The van der Waals surface area contributed by atoms with Crippen LogP contribution in [0.1, 0.15) is 19.4 Å². The van der Waals surface area contributed by atoms with E-state index in [2.05, 4.69) is 41.4 Å². The van der Waals surface area contributed by atoms with Crippen molar-refractivity contribution in [3.63, 3.8) is 0 Å². The first kappa shape index (κ1) is 17.5. The molecule has 126 valence electrons. The second kappa shape index (κ2) is 9.35. The number of hydrazone groups is 1. The molecule has 0 spiro atoms. The molecule has 24 heavy (non-hydrogen) atoms. The Morgan fingerprint density at radius 1 is 1.08 bits per heavy atom. The molecule has 0 aliphatic carbocycles. The number of nitrogens with zero attached hydrogens (tertiary/aromatic N) is 2. The van der Waals surface area contributed by atoms with Gasteiger partial charge >= 0.3 is 0 Å². The zero-order chi connectivity index (χ0) is 17.2. The highest BCUT2D eigenvalue weighted by Crippen LogP contribution is 2.14. The lowest BCUT2D eigenvalue weighted by molar-refractivity contribution is -0.123. The molecule has 0 aromatic heterocycles. The van der Waals surface area contributed by atoms with Gasteiger partial charge in [0.2, 0.25) is 0 Å². The Labute approximate surface area is 142 Å². The third kappa shape index (κ3) is 5.43. The van der Waals surface area contributed by atoms with E-state index < -0.39 is 0 Å². The lowest BCUT2D eigenvalue weighted by atomic mass is 10.2. The molecular formula is C19H23N3O2. The van der Waals surface area contributed by atoms with Gasteiger partial charge in [0, 0.05) is 18.8 Å². The van der Waals surface area contributed by atoms with E-state index in [9.17, 15) is 4.79 Å². The second-order valence-corrected chi connectivity index (χ2v) is 5.16. The van der Waals surface area contributed by atoms with Crippen LogP contribution in [0.15, 0.2) is 59.7 Å². The van der Waals surface area contributed by atoms with Crippen molar-refractivity contribution in [2.45, 2.75) is 13.8 Å². The predicted octanol–water partition coefficient (Wildman–Crippen LogP) is 3.06. The minimum Gasteiger partial charge on any atom is -0.484 e. The molecule has 0 bridgehead atoms. The number of amides is 1. The predicted molar refractivity (Wildman–Crippen MR) is 97.7 cm³/mol. The number of carbonyl (C=O) groups is 1. The first-order valence-corrected chi connectivity index (χ1v) is 8.07. The minimum atomic E-state index is -0.296. The summed E-state index contributed by atoms with van der Waals surface area (Å²) < 4.78 is 5.35. The van der Waals surface area contributed by atoms with Gasteiger partial charge in [-0.25, -0.2) is 5.43 Å². The molecule has 1 N–H and O–H groups in total. The van der Waals surface area contributed by atoms with Crippen molar-refractivity contribution < 1.29 is 9.53 Å². The van der Waals surface area contributed by atoms with Crippen LogP contribution >= 0.6 is 0 Å². The number of hydrogen-bond acceptors (Lipinski definition) is 4. The molecule has 1 amide bonds. The number of nitrogens with one attached hydrogen (secondary N) is 1. The first-order valence-electron chi connectivity index (χ1n) is 8.07. The summed E-state index contributed by atoms with van der Waals surface area (Å²) in [5, 5.41) is 3.95. The van der Waals surface area contributed by atoms with Crippen molar-refractivity contribution >= 4 is 17.8 Å². The van der Waals surface area contributed by atoms with Crippen LogP contribution in [0.25, 0.3) is 0 Å². The van der Waals surface area contributed by atoms with Crippen LogP contribution in [0.3, 0.4) is 0 Å². The van der Waals surface area contributed by atoms with Crippen molar-refractivity contribution in [1.82, 2.24) is 5.43 Å². The number of benzene rings is 2. The standard InChI is InChI=1S/C19H23N3O2/c1-3-22(4-2)17-12-10-16(11-13-17)14-20-21-19(23)15-24-18-8-6-5-7-9-18/h5-14H,3-4,15H2,1-2H3,(H,21,23). The normalized spacial score (nSPS) is 10.6. The Hall–Kier alpha value is -2.82. The lowest BCUT2D eigenvalue weighted by Gasteiger charge is -2.20. The minimum absolute atomic E-state index is 0.0672. The highest BCUT2D eigenvalue weighted by Gasteiger charge is 2.02. The van der Waals surface area contributed by atoms with Gasteiger partial charge in [-0.3, -0.25) is 4.79 Å². The number of anilines is 1. The average molecular weight is 325 g/mol. The summed E-state index contributed by atoms with van der Waals surface area (Å²) in [6, 6.07) is 17.3. The van der Waals surface area contributed by atoms with Gasteiger partial charge in [-0.15, -0.1) is 0 Å². The van der Waals surface area contributed by atoms with Gasteiger partial charge in [0.15, 0.2) is 6.61 Å². The van der Waals surface area contributed by atoms with Gasteiger partial charge in [-0.05, 0) is 43.7 Å². The Bertz CT molecular complexity index is 650. The van der Waals surface area contributed by atoms with Gasteiger partial charge in [0.25, 0.3) is 5.91 Å². The van der Waals surface area contributed by atoms with Crippen LogP contribution in [0.2, 0.25) is 0 Å². The maximum Gasteiger partial charge on any atom is 0.277 e. The SMILES string of the molecule is CCN(CC)c1ccc(C=NNC(=O)COc2ccccc2)cc1. The molecule has 0 radical (unpaired) electrons. The summed E-state index contributed by atoms with van der Waals surface area (Å²) in [5.74, 6) is 0.360. The fourth-order valence-corrected chi connectivity index (χ4v) is 2.24. The summed E-state index contributed by atoms with van der Waals surface area (Å²) in [7, 11) is 0. The molecule has 0 unspecified atom stereocenters. The molecule has 5 nitrogen and oxygen atoms in total. The Kier molecular flexibility index (Phi) is 6.83. The average Bonchev–Trinajstić information content (AvgIpc) is 2.63. The van der Waals surface area contributed by atoms with Crippen LogP contribution in [-0.2, 0) is 4.79 Å². The molecule has 2 rings (SSSR count). The van der Waals surface area contributed by atoms with E-state index in [-0.39, 0.29) is 12.5 Å². The Morgan fingerprint density at radius 3 is 2.38 bits per heavy atom. The van der Waals surface area contributed by atoms with Gasteiger partial charge in [0.05, 0.1) is 6.21 Å². The van der Waals surface area contributed by atoms with E-state index in [1.807, 2.05) is 30.3 Å². The van der Waals surface area contributed by atoms with Crippen molar-refractivity contribution in [2.75, 3.05) is 24.6 Å². The summed E-state index contributed by atoms with van der Waals surface area (Å²) in [4.78, 5) is 13.9. The summed E-state index contributed by atoms with van der Waals surface area (Å²) >= 11 is 0. The van der Waals surface area contributed by atoms with E-state index in [1.165, 1.54) is 5.69 Å². The van der Waals surface area contributed by atoms with Gasteiger partial charge < -0.3 is 9.64 Å². The lowest BCUT2D eigenvalue weighted by Crippen LogP contribution is -2.24. The topological polar surface area (TPSA) is 53.9 Å². The van der Waals surface area contributed by atoms with Crippen molar-refractivity contribution in [3.8, 4) is 5.75 Å². The highest BCUT2D eigenvalue weighted by molar-refractivity contribution is 5.83. The molecule has 5 heteroatoms. The van der Waals surface area contributed by atoms with Crippen LogP contribution in [-0.4, -0.2) is 31.8 Å². The summed E-state index contributed by atoms with van der Waals surface area (Å²) in [5.41, 5.74) is 4.56. The van der Waals surface area contributed by atoms with Crippen LogP contribution < -0.4 is 15.1 Å². The zero-order valence-electron chi connectivity index (χ0n) is 14.1. The fraction of sp³-hybridized carbons (Fsp3) is 0.263. The third-order valence-corrected chi connectivity index (χ3v) is 3.54. The number of ether oxygens (including phenoxy) is 1. The number of carbonyl (C=O) groups excluding carboxylic acids is 1. The largest absolute Gasteiger partial charge is 0.484 e. The highest BCUT2D eigenvalue weighted by atomic mass is 16.5. The zero-order valence-corrected chi connectivity index (χ0v) is 14.1. The van der Waals surface area contributed by atoms with Crippen LogP contribution in [0.4, 0.5) is 5.69 Å². The molecular weight excluding hydrogens is 302 g/mol. The molecule has 2 aromatic rings.